The minimum atomic E-state index is -3.86. The zero-order valence-corrected chi connectivity index (χ0v) is 19.2. The van der Waals surface area contributed by atoms with Crippen LogP contribution in [-0.4, -0.2) is 58.9 Å². The largest absolute Gasteiger partial charge is 0.497 e. The van der Waals surface area contributed by atoms with Crippen LogP contribution in [0.25, 0.3) is 0 Å². The third-order valence-corrected chi connectivity index (χ3v) is 7.31. The number of carbonyl (C=O) groups is 2. The molecule has 8 nitrogen and oxygen atoms in total. The fraction of sp³-hybridized carbons (Fsp3) is 0.391. The summed E-state index contributed by atoms with van der Waals surface area (Å²) in [5.41, 5.74) is 0.721. The first-order valence-corrected chi connectivity index (χ1v) is 12.1. The van der Waals surface area contributed by atoms with Crippen molar-refractivity contribution in [1.82, 2.24) is 10.2 Å². The summed E-state index contributed by atoms with van der Waals surface area (Å²) < 4.78 is 32.4. The molecule has 1 N–H and O–H groups in total. The monoisotopic (exact) mass is 459 g/mol. The molecule has 1 saturated heterocycles. The van der Waals surface area contributed by atoms with Crippen molar-refractivity contribution in [3.05, 3.63) is 54.1 Å². The summed E-state index contributed by atoms with van der Waals surface area (Å²) in [6, 6.07) is 12.6. The predicted molar refractivity (Wildman–Crippen MR) is 122 cm³/mol. The van der Waals surface area contributed by atoms with Crippen LogP contribution >= 0.6 is 0 Å². The van der Waals surface area contributed by atoms with Crippen LogP contribution in [0, 0.1) is 0 Å². The van der Waals surface area contributed by atoms with Crippen molar-refractivity contribution in [2.24, 2.45) is 0 Å². The molecule has 1 fully saturated rings. The van der Waals surface area contributed by atoms with E-state index in [0.29, 0.717) is 37.5 Å². The van der Waals surface area contributed by atoms with E-state index in [2.05, 4.69) is 5.32 Å². The Morgan fingerprint density at radius 1 is 1.12 bits per heavy atom. The Bertz CT molecular complexity index is 1050. The first kappa shape index (κ1) is 23.6. The third-order valence-electron chi connectivity index (χ3n) is 5.53. The van der Waals surface area contributed by atoms with Gasteiger partial charge >= 0.3 is 0 Å². The number of benzene rings is 2. The number of nitrogens with zero attached hydrogens (tertiary/aromatic N) is 2. The van der Waals surface area contributed by atoms with E-state index in [9.17, 15) is 18.0 Å². The van der Waals surface area contributed by atoms with Crippen molar-refractivity contribution >= 4 is 27.5 Å². The Balaban J connectivity index is 1.66. The van der Waals surface area contributed by atoms with Gasteiger partial charge in [-0.25, -0.2) is 8.42 Å². The average molecular weight is 460 g/mol. The summed E-state index contributed by atoms with van der Waals surface area (Å²) in [5.74, 6) is 0.364. The summed E-state index contributed by atoms with van der Waals surface area (Å²) in [6.45, 7) is 1.47. The third kappa shape index (κ3) is 5.59. The summed E-state index contributed by atoms with van der Waals surface area (Å²) >= 11 is 0. The Kier molecular flexibility index (Phi) is 7.74. The predicted octanol–water partition coefficient (Wildman–Crippen LogP) is 2.65. The number of likely N-dealkylation sites (tertiary alicyclic amines) is 1. The van der Waals surface area contributed by atoms with E-state index < -0.39 is 10.0 Å². The van der Waals surface area contributed by atoms with Gasteiger partial charge in [0, 0.05) is 38.7 Å². The van der Waals surface area contributed by atoms with Crippen LogP contribution in [0.3, 0.4) is 0 Å². The molecule has 0 unspecified atom stereocenters. The molecule has 0 bridgehead atoms. The summed E-state index contributed by atoms with van der Waals surface area (Å²) in [6.07, 6.45) is 3.48. The van der Waals surface area contributed by atoms with Gasteiger partial charge in [-0.05, 0) is 55.3 Å². The van der Waals surface area contributed by atoms with E-state index in [0.717, 1.165) is 23.6 Å². The molecular formula is C23H29N3O5S. The smallest absolute Gasteiger partial charge is 0.264 e. The van der Waals surface area contributed by atoms with E-state index in [1.54, 1.807) is 41.3 Å². The summed E-state index contributed by atoms with van der Waals surface area (Å²) in [5, 5.41) is 2.78. The van der Waals surface area contributed by atoms with Gasteiger partial charge in [0.15, 0.2) is 0 Å². The Morgan fingerprint density at radius 3 is 2.59 bits per heavy atom. The molecule has 1 aliphatic rings. The Labute approximate surface area is 189 Å². The molecule has 0 aromatic heterocycles. The number of hydrogen-bond acceptors (Lipinski definition) is 5. The van der Waals surface area contributed by atoms with Gasteiger partial charge in [0.05, 0.1) is 17.7 Å². The highest BCUT2D eigenvalue weighted by molar-refractivity contribution is 7.92. The van der Waals surface area contributed by atoms with Crippen LogP contribution in [0.15, 0.2) is 53.4 Å². The van der Waals surface area contributed by atoms with Gasteiger partial charge in [-0.15, -0.1) is 0 Å². The van der Waals surface area contributed by atoms with Crippen LogP contribution in [0.1, 0.15) is 36.0 Å². The topological polar surface area (TPSA) is 96.0 Å². The number of nitrogens with one attached hydrogen (secondary N) is 1. The average Bonchev–Trinajstić information content (AvgIpc) is 3.02. The molecule has 1 heterocycles. The van der Waals surface area contributed by atoms with E-state index in [4.69, 9.17) is 4.74 Å². The molecule has 172 valence electrons. The van der Waals surface area contributed by atoms with Gasteiger partial charge in [-0.3, -0.25) is 13.9 Å². The molecular weight excluding hydrogens is 430 g/mol. The molecule has 0 aliphatic carbocycles. The minimum absolute atomic E-state index is 0.0196. The van der Waals surface area contributed by atoms with Crippen LogP contribution < -0.4 is 14.4 Å². The van der Waals surface area contributed by atoms with Crippen molar-refractivity contribution in [3.63, 3.8) is 0 Å². The van der Waals surface area contributed by atoms with Crippen molar-refractivity contribution in [2.75, 3.05) is 38.1 Å². The summed E-state index contributed by atoms with van der Waals surface area (Å²) in [4.78, 5) is 26.5. The molecule has 32 heavy (non-hydrogen) atoms. The van der Waals surface area contributed by atoms with Crippen molar-refractivity contribution < 1.29 is 22.7 Å². The van der Waals surface area contributed by atoms with Gasteiger partial charge in [0.2, 0.25) is 5.91 Å². The molecule has 0 spiro atoms. The highest BCUT2D eigenvalue weighted by Gasteiger charge is 2.23. The molecule has 2 aromatic rings. The van der Waals surface area contributed by atoms with Crippen molar-refractivity contribution in [1.29, 1.82) is 0 Å². The molecule has 9 heteroatoms. The second-order valence-electron chi connectivity index (χ2n) is 7.65. The normalized spacial score (nSPS) is 14.6. The highest BCUT2D eigenvalue weighted by atomic mass is 32.2. The molecule has 0 radical (unpaired) electrons. The van der Waals surface area contributed by atoms with E-state index in [1.165, 1.54) is 26.3 Å². The number of anilines is 1. The fourth-order valence-corrected chi connectivity index (χ4v) is 4.81. The first-order valence-electron chi connectivity index (χ1n) is 10.6. The van der Waals surface area contributed by atoms with E-state index in [-0.39, 0.29) is 22.3 Å². The molecule has 3 rings (SSSR count). The molecule has 0 atom stereocenters. The second kappa shape index (κ2) is 10.5. The maximum Gasteiger partial charge on any atom is 0.264 e. The lowest BCUT2D eigenvalue weighted by atomic mass is 10.2. The molecule has 1 aliphatic heterocycles. The van der Waals surface area contributed by atoms with Gasteiger partial charge in [-0.1, -0.05) is 12.5 Å². The van der Waals surface area contributed by atoms with Gasteiger partial charge in [-0.2, -0.15) is 0 Å². The molecule has 2 amide bonds. The van der Waals surface area contributed by atoms with Gasteiger partial charge in [0.1, 0.15) is 5.75 Å². The number of hydrogen-bond donors (Lipinski definition) is 1. The number of carbonyl (C=O) groups excluding carboxylic acids is 2. The zero-order valence-electron chi connectivity index (χ0n) is 18.4. The number of ether oxygens (including phenoxy) is 1. The zero-order chi connectivity index (χ0) is 23.1. The minimum Gasteiger partial charge on any atom is -0.497 e. The van der Waals surface area contributed by atoms with Gasteiger partial charge in [0.25, 0.3) is 15.9 Å². The Hall–Kier alpha value is -3.07. The highest BCUT2D eigenvalue weighted by Crippen LogP contribution is 2.24. The first-order chi connectivity index (χ1) is 15.3. The SMILES string of the molecule is COc1ccc(N(C)S(=O)(=O)c2cccc(C(=O)NCCN3CCCCCC3=O)c2)cc1. The maximum absolute atomic E-state index is 13.1. The number of methoxy groups -OCH3 is 1. The van der Waals surface area contributed by atoms with Crippen molar-refractivity contribution in [2.45, 2.75) is 30.6 Å². The standard InChI is InChI=1S/C23H29N3O5S/c1-25(19-10-12-20(31-2)13-11-19)32(29,30)21-8-6-7-18(17-21)23(28)24-14-16-26-15-5-3-4-9-22(26)27/h6-8,10-13,17H,3-5,9,14-16H2,1-2H3,(H,24,28). The molecule has 2 aromatic carbocycles. The van der Waals surface area contributed by atoms with Crippen LogP contribution in [0.4, 0.5) is 5.69 Å². The Morgan fingerprint density at radius 2 is 1.88 bits per heavy atom. The lowest BCUT2D eigenvalue weighted by Gasteiger charge is -2.21. The fourth-order valence-electron chi connectivity index (χ4n) is 3.57. The second-order valence-corrected chi connectivity index (χ2v) is 9.61. The molecule has 0 saturated carbocycles. The van der Waals surface area contributed by atoms with Gasteiger partial charge < -0.3 is 15.0 Å². The number of rotatable bonds is 8. The van der Waals surface area contributed by atoms with Crippen LogP contribution in [0.2, 0.25) is 0 Å². The van der Waals surface area contributed by atoms with Crippen LogP contribution in [0.5, 0.6) is 5.75 Å². The quantitative estimate of drug-likeness (QED) is 0.655. The lowest BCUT2D eigenvalue weighted by molar-refractivity contribution is -0.130. The lowest BCUT2D eigenvalue weighted by Crippen LogP contribution is -2.38. The number of sulfonamides is 1. The number of amides is 2. The van der Waals surface area contributed by atoms with E-state index in [1.807, 2.05) is 0 Å². The van der Waals surface area contributed by atoms with E-state index >= 15 is 0 Å². The van der Waals surface area contributed by atoms with Crippen LogP contribution in [-0.2, 0) is 14.8 Å². The maximum atomic E-state index is 13.1. The summed E-state index contributed by atoms with van der Waals surface area (Å²) in [7, 11) is -0.857. The van der Waals surface area contributed by atoms with Crippen molar-refractivity contribution in [3.8, 4) is 5.75 Å².